The summed E-state index contributed by atoms with van der Waals surface area (Å²) in [6.45, 7) is 29.6. The molecule has 2 unspecified atom stereocenters. The van der Waals surface area contributed by atoms with E-state index in [-0.39, 0.29) is 17.9 Å². The van der Waals surface area contributed by atoms with Gasteiger partial charge in [0.2, 0.25) is 0 Å². The van der Waals surface area contributed by atoms with Crippen molar-refractivity contribution in [2.75, 3.05) is 30.3 Å². The molecule has 1 saturated heterocycles. The number of aliphatic hydroxyl groups is 1. The van der Waals surface area contributed by atoms with Crippen molar-refractivity contribution in [1.82, 2.24) is 15.1 Å². The molecule has 0 aliphatic carbocycles. The van der Waals surface area contributed by atoms with Crippen LogP contribution in [-0.4, -0.2) is 77.6 Å². The summed E-state index contributed by atoms with van der Waals surface area (Å²) in [5.41, 5.74) is 7.43. The molecule has 0 spiro atoms. The number of alkyl halides is 3. The number of β-amino-alcohol motifs (C(OH)–C–C–N with tert-alkyl or cyclic N) is 1. The third-order valence-electron chi connectivity index (χ3n) is 9.24. The molecule has 3 aromatic rings. The number of rotatable bonds is 14. The fraction of sp³-hybridized carbons (Fsp3) is 0.511. The molecule has 0 bridgehead atoms. The van der Waals surface area contributed by atoms with Crippen molar-refractivity contribution in [2.24, 2.45) is 16.8 Å². The van der Waals surface area contributed by atoms with E-state index >= 15 is 0 Å². The second-order valence-electron chi connectivity index (χ2n) is 15.2. The summed E-state index contributed by atoms with van der Waals surface area (Å²) in [6, 6.07) is 12.3. The number of nitrogens with one attached hydrogen (secondary N) is 3. The molecule has 0 saturated carbocycles. The lowest BCUT2D eigenvalue weighted by molar-refractivity contribution is -0.208. The second kappa shape index (κ2) is 25.6. The number of hydrogen-bond donors (Lipinski definition) is 4. The van der Waals surface area contributed by atoms with Crippen LogP contribution in [0, 0.1) is 25.7 Å². The molecule has 1 aromatic heterocycles. The lowest BCUT2D eigenvalue weighted by atomic mass is 9.86. The number of hydrogen-bond acceptors (Lipinski definition) is 8. The number of benzene rings is 2. The van der Waals surface area contributed by atoms with E-state index in [0.717, 1.165) is 63.9 Å². The maximum atomic E-state index is 12.9. The third kappa shape index (κ3) is 16.2. The molecule has 322 valence electrons. The number of nitrogens with zero attached hydrogens (tertiary/aromatic N) is 3. The van der Waals surface area contributed by atoms with Crippen molar-refractivity contribution in [3.63, 3.8) is 0 Å². The lowest BCUT2D eigenvalue weighted by Crippen LogP contribution is -2.44. The summed E-state index contributed by atoms with van der Waals surface area (Å²) in [4.78, 5) is 22.8. The largest absolute Gasteiger partial charge is 0.489 e. The van der Waals surface area contributed by atoms with E-state index in [1.807, 2.05) is 65.5 Å². The Kier molecular flexibility index (Phi) is 22.6. The number of aliphatic hydroxyl groups excluding tert-OH is 1. The van der Waals surface area contributed by atoms with E-state index in [1.165, 1.54) is 0 Å². The summed E-state index contributed by atoms with van der Waals surface area (Å²) in [5, 5.41) is 24.3. The number of aromatic amines is 1. The minimum absolute atomic E-state index is 0.0610. The van der Waals surface area contributed by atoms with Crippen molar-refractivity contribution >= 4 is 42.3 Å². The number of anilines is 2. The zero-order chi connectivity index (χ0) is 44.2. The van der Waals surface area contributed by atoms with E-state index in [0.29, 0.717) is 43.2 Å². The van der Waals surface area contributed by atoms with Crippen LogP contribution in [0.1, 0.15) is 109 Å². The fourth-order valence-corrected chi connectivity index (χ4v) is 6.22. The molecule has 10 nitrogen and oxygen atoms in total. The van der Waals surface area contributed by atoms with Gasteiger partial charge in [0.25, 0.3) is 0 Å². The minimum Gasteiger partial charge on any atom is -0.489 e. The van der Waals surface area contributed by atoms with Crippen LogP contribution in [0.5, 0.6) is 5.75 Å². The molecular weight excluding hydrogens is 746 g/mol. The summed E-state index contributed by atoms with van der Waals surface area (Å²) >= 11 is 0. The molecule has 1 fully saturated rings. The summed E-state index contributed by atoms with van der Waals surface area (Å²) in [6.07, 6.45) is 0.139. The van der Waals surface area contributed by atoms with Crippen molar-refractivity contribution in [3.8, 4) is 5.75 Å². The van der Waals surface area contributed by atoms with Crippen molar-refractivity contribution in [2.45, 2.75) is 119 Å². The Morgan fingerprint density at radius 2 is 1.64 bits per heavy atom. The molecule has 4 N–H and O–H groups in total. The number of para-hydroxylation sites is 1. The Morgan fingerprint density at radius 3 is 2.19 bits per heavy atom. The molecule has 0 radical (unpaired) electrons. The minimum atomic E-state index is -4.61. The highest BCUT2D eigenvalue weighted by atomic mass is 19.4. The number of likely N-dealkylation sites (tertiary alicyclic amines) is 1. The van der Waals surface area contributed by atoms with Crippen molar-refractivity contribution in [1.29, 1.82) is 0 Å². The number of H-pyrrole nitrogens is 1. The van der Waals surface area contributed by atoms with Gasteiger partial charge in [0.05, 0.1) is 17.4 Å². The van der Waals surface area contributed by atoms with Crippen LogP contribution in [-0.2, 0) is 16.0 Å². The smallest absolute Gasteiger partial charge is 0.415 e. The van der Waals surface area contributed by atoms with Crippen LogP contribution in [0.25, 0.3) is 5.70 Å². The molecular formula is C45H67F3N6O4. The van der Waals surface area contributed by atoms with Crippen LogP contribution in [0.2, 0.25) is 0 Å². The summed E-state index contributed by atoms with van der Waals surface area (Å²) in [5.74, 6) is 3.01. The molecule has 2 aromatic carbocycles. The lowest BCUT2D eigenvalue weighted by Gasteiger charge is -2.34. The van der Waals surface area contributed by atoms with Crippen LogP contribution >= 0.6 is 0 Å². The number of amidine groups is 1. The average Bonchev–Trinajstić information content (AvgIpc) is 3.55. The van der Waals surface area contributed by atoms with Gasteiger partial charge < -0.3 is 35.0 Å². The monoisotopic (exact) mass is 813 g/mol. The molecule has 0 amide bonds. The first kappa shape index (κ1) is 51.3. The van der Waals surface area contributed by atoms with E-state index in [2.05, 4.69) is 93.2 Å². The van der Waals surface area contributed by atoms with Gasteiger partial charge in [-0.2, -0.15) is 18.3 Å². The van der Waals surface area contributed by atoms with Gasteiger partial charge in [-0.25, -0.2) is 4.99 Å². The summed E-state index contributed by atoms with van der Waals surface area (Å²) in [7, 11) is 0. The Bertz CT molecular complexity index is 1740. The van der Waals surface area contributed by atoms with E-state index < -0.39 is 18.8 Å². The maximum absolute atomic E-state index is 12.9. The number of ether oxygens (including phenoxy) is 1. The quantitative estimate of drug-likeness (QED) is 0.0719. The topological polar surface area (TPSA) is 132 Å². The molecule has 13 heteroatoms. The standard InChI is InChI=1S/C39H53F3N6O2.C4H10.2CH2O/c1-9-11-14-30-15-12-13-16-32(30)43-27(7)36-28(8)46-47-38(36)45-37(25(5)10-2)44-33-21-26(6)31(22-34(33)50-24(3)4)29-17-19-48(20-18-29)23-35(49)39(40,41)42;1-4(2)3;2*1-2/h9,11-13,15-16,21-22,24-25,29,35,43,49H,7,10,14,17-20,23H2,1-6,8H3,(H2,44,45,46,47);4H,1-3H3;2*1H2/b11-9+;;;. The number of aryl methyl sites for hydroxylation is 2. The highest BCUT2D eigenvalue weighted by Crippen LogP contribution is 2.38. The van der Waals surface area contributed by atoms with Gasteiger partial charge in [-0.15, -0.1) is 0 Å². The second-order valence-corrected chi connectivity index (χ2v) is 15.2. The third-order valence-corrected chi connectivity index (χ3v) is 9.24. The number of aliphatic imine (C=N–C) groups is 1. The number of halogens is 3. The zero-order valence-corrected chi connectivity index (χ0v) is 36.2. The van der Waals surface area contributed by atoms with Gasteiger partial charge in [-0.3, -0.25) is 5.10 Å². The molecule has 58 heavy (non-hydrogen) atoms. The molecule has 2 heterocycles. The number of carbonyl (C=O) groups excluding carboxylic acids is 2. The summed E-state index contributed by atoms with van der Waals surface area (Å²) < 4.78 is 45.1. The first-order chi connectivity index (χ1) is 27.4. The molecule has 4 rings (SSSR count). The Balaban J connectivity index is 0.00000195. The van der Waals surface area contributed by atoms with Gasteiger partial charge >= 0.3 is 6.18 Å². The van der Waals surface area contributed by atoms with Gasteiger partial charge in [-0.1, -0.05) is 71.5 Å². The van der Waals surface area contributed by atoms with Crippen molar-refractivity contribution < 1.29 is 32.6 Å². The van der Waals surface area contributed by atoms with E-state index in [9.17, 15) is 18.3 Å². The van der Waals surface area contributed by atoms with Crippen molar-refractivity contribution in [3.05, 3.63) is 83.1 Å². The number of aromatic nitrogens is 2. The zero-order valence-electron chi connectivity index (χ0n) is 36.2. The number of carbonyl (C=O) groups is 2. The average molecular weight is 813 g/mol. The highest BCUT2D eigenvalue weighted by molar-refractivity contribution is 6.00. The molecule has 1 aliphatic rings. The van der Waals surface area contributed by atoms with Gasteiger partial charge in [0.1, 0.15) is 25.2 Å². The predicted molar refractivity (Wildman–Crippen MR) is 233 cm³/mol. The Morgan fingerprint density at radius 1 is 1.03 bits per heavy atom. The van der Waals surface area contributed by atoms with Crippen LogP contribution in [0.15, 0.2) is 60.1 Å². The molecule has 1 aliphatic heterocycles. The van der Waals surface area contributed by atoms with Gasteiger partial charge in [0.15, 0.2) is 11.9 Å². The number of piperidine rings is 1. The highest BCUT2D eigenvalue weighted by Gasteiger charge is 2.39. The predicted octanol–water partition coefficient (Wildman–Crippen LogP) is 10.6. The maximum Gasteiger partial charge on any atom is 0.415 e. The van der Waals surface area contributed by atoms with E-state index in [4.69, 9.17) is 19.3 Å². The first-order valence-corrected chi connectivity index (χ1v) is 19.9. The van der Waals surface area contributed by atoms with Crippen LogP contribution in [0.4, 0.5) is 30.4 Å². The Labute approximate surface area is 344 Å². The van der Waals surface area contributed by atoms with Crippen LogP contribution in [0.3, 0.4) is 0 Å². The number of allylic oxidation sites excluding steroid dienone is 2. The Hall–Kier alpha value is -4.75. The SMILES string of the molecule is C=C(Nc1ccccc1C/C=C/C)c1c(N=C(Nc2cc(C)c(C3CCN(CC(O)C(F)(F)F)CC3)cc2OC(C)C)C(C)CC)n[nH]c1C.C=O.C=O.CC(C)C. The van der Waals surface area contributed by atoms with E-state index in [1.54, 1.807) is 4.90 Å². The van der Waals surface area contributed by atoms with Gasteiger partial charge in [0, 0.05) is 29.5 Å². The molecule has 2 atom stereocenters. The fourth-order valence-electron chi connectivity index (χ4n) is 6.22. The first-order valence-electron chi connectivity index (χ1n) is 19.9. The normalized spacial score (nSPS) is 14.7. The van der Waals surface area contributed by atoms with Crippen LogP contribution < -0.4 is 15.4 Å². The van der Waals surface area contributed by atoms with Gasteiger partial charge in [-0.05, 0) is 120 Å².